The third kappa shape index (κ3) is 1.84. The van der Waals surface area contributed by atoms with E-state index >= 15 is 0 Å². The second-order valence-electron chi connectivity index (χ2n) is 4.51. The van der Waals surface area contributed by atoms with Gasteiger partial charge in [0.2, 0.25) is 0 Å². The van der Waals surface area contributed by atoms with Gasteiger partial charge in [-0.3, -0.25) is 4.79 Å². The van der Waals surface area contributed by atoms with E-state index in [9.17, 15) is 9.59 Å². The number of hydrogen-bond acceptors (Lipinski definition) is 4. The first kappa shape index (κ1) is 11.2. The fourth-order valence-electron chi connectivity index (χ4n) is 2.11. The maximum atomic E-state index is 11.9. The Morgan fingerprint density at radius 2 is 2.00 bits per heavy atom. The fraction of sp³-hybridized carbons (Fsp3) is 0.286. The fourth-order valence-corrected chi connectivity index (χ4v) is 2.11. The van der Waals surface area contributed by atoms with Crippen LogP contribution in [0.25, 0.3) is 0 Å². The van der Waals surface area contributed by atoms with Crippen LogP contribution in [-0.2, 0) is 14.3 Å². The molecule has 0 bridgehead atoms. The van der Waals surface area contributed by atoms with Crippen LogP contribution < -0.4 is 0 Å². The predicted octanol–water partition coefficient (Wildman–Crippen LogP) is 1.71. The summed E-state index contributed by atoms with van der Waals surface area (Å²) in [7, 11) is 0. The Morgan fingerprint density at radius 3 is 2.72 bits per heavy atom. The van der Waals surface area contributed by atoms with Gasteiger partial charge in [-0.15, -0.1) is 0 Å². The van der Waals surface area contributed by atoms with E-state index in [-0.39, 0.29) is 23.9 Å². The molecular formula is C14H12O4. The van der Waals surface area contributed by atoms with Crippen molar-refractivity contribution >= 4 is 11.8 Å². The highest BCUT2D eigenvalue weighted by Crippen LogP contribution is 2.39. The SMILES string of the molecule is CC1C(OC(=O)c2ccccc2)=CC(=O)C2OC12. The minimum atomic E-state index is -0.444. The number of ether oxygens (including phenoxy) is 2. The largest absolute Gasteiger partial charge is 0.427 e. The summed E-state index contributed by atoms with van der Waals surface area (Å²) in [4.78, 5) is 23.4. The van der Waals surface area contributed by atoms with E-state index in [1.165, 1.54) is 6.08 Å². The Hall–Kier alpha value is -1.94. The van der Waals surface area contributed by atoms with Crippen molar-refractivity contribution in [1.82, 2.24) is 0 Å². The van der Waals surface area contributed by atoms with Crippen LogP contribution in [0.1, 0.15) is 17.3 Å². The van der Waals surface area contributed by atoms with Crippen LogP contribution >= 0.6 is 0 Å². The first-order valence-electron chi connectivity index (χ1n) is 5.85. The number of carbonyl (C=O) groups is 2. The van der Waals surface area contributed by atoms with Gasteiger partial charge in [-0.2, -0.15) is 0 Å². The van der Waals surface area contributed by atoms with Crippen molar-refractivity contribution in [1.29, 1.82) is 0 Å². The Kier molecular flexibility index (Phi) is 2.52. The van der Waals surface area contributed by atoms with E-state index < -0.39 is 5.97 Å². The van der Waals surface area contributed by atoms with Crippen LogP contribution in [0.2, 0.25) is 0 Å². The second kappa shape index (κ2) is 4.07. The van der Waals surface area contributed by atoms with E-state index in [1.54, 1.807) is 24.3 Å². The molecule has 1 aromatic rings. The van der Waals surface area contributed by atoms with Crippen molar-refractivity contribution in [2.24, 2.45) is 5.92 Å². The molecule has 0 aromatic heterocycles. The highest BCUT2D eigenvalue weighted by molar-refractivity contribution is 5.98. The van der Waals surface area contributed by atoms with Gasteiger partial charge >= 0.3 is 5.97 Å². The van der Waals surface area contributed by atoms with E-state index in [4.69, 9.17) is 9.47 Å². The topological polar surface area (TPSA) is 55.9 Å². The van der Waals surface area contributed by atoms with Crippen molar-refractivity contribution in [2.75, 3.05) is 0 Å². The highest BCUT2D eigenvalue weighted by atomic mass is 16.6. The smallest absolute Gasteiger partial charge is 0.343 e. The van der Waals surface area contributed by atoms with Crippen molar-refractivity contribution in [2.45, 2.75) is 19.1 Å². The zero-order valence-corrected chi connectivity index (χ0v) is 9.83. The van der Waals surface area contributed by atoms with Gasteiger partial charge in [0.25, 0.3) is 0 Å². The Balaban J connectivity index is 1.77. The summed E-state index contributed by atoms with van der Waals surface area (Å²) in [6.07, 6.45) is 0.930. The molecule has 3 rings (SSSR count). The zero-order chi connectivity index (χ0) is 12.7. The lowest BCUT2D eigenvalue weighted by atomic mass is 9.95. The molecule has 1 aliphatic heterocycles. The van der Waals surface area contributed by atoms with Gasteiger partial charge < -0.3 is 9.47 Å². The third-order valence-electron chi connectivity index (χ3n) is 3.25. The van der Waals surface area contributed by atoms with Gasteiger partial charge in [0, 0.05) is 12.0 Å². The molecule has 0 spiro atoms. The monoisotopic (exact) mass is 244 g/mol. The van der Waals surface area contributed by atoms with Crippen LogP contribution in [0.4, 0.5) is 0 Å². The molecule has 1 heterocycles. The van der Waals surface area contributed by atoms with Gasteiger partial charge in [0.15, 0.2) is 5.78 Å². The van der Waals surface area contributed by atoms with Gasteiger partial charge in [0.1, 0.15) is 18.0 Å². The van der Waals surface area contributed by atoms with Crippen LogP contribution in [0.5, 0.6) is 0 Å². The van der Waals surface area contributed by atoms with E-state index in [1.807, 2.05) is 13.0 Å². The molecule has 92 valence electrons. The molecule has 1 saturated heterocycles. The van der Waals surface area contributed by atoms with Crippen molar-refractivity contribution in [3.05, 3.63) is 47.7 Å². The third-order valence-corrected chi connectivity index (χ3v) is 3.25. The predicted molar refractivity (Wildman–Crippen MR) is 62.8 cm³/mol. The lowest BCUT2D eigenvalue weighted by Crippen LogP contribution is -2.24. The van der Waals surface area contributed by atoms with Crippen molar-refractivity contribution in [3.63, 3.8) is 0 Å². The zero-order valence-electron chi connectivity index (χ0n) is 9.83. The molecule has 1 aromatic carbocycles. The summed E-state index contributed by atoms with van der Waals surface area (Å²) in [5.74, 6) is -0.220. The molecule has 3 unspecified atom stereocenters. The quantitative estimate of drug-likeness (QED) is 0.587. The lowest BCUT2D eigenvalue weighted by molar-refractivity contribution is -0.116. The number of esters is 1. The molecule has 2 aliphatic rings. The van der Waals surface area contributed by atoms with Crippen LogP contribution in [0.15, 0.2) is 42.2 Å². The summed E-state index contributed by atoms with van der Waals surface area (Å²) < 4.78 is 10.5. The molecule has 3 atom stereocenters. The molecule has 0 saturated carbocycles. The molecule has 4 nitrogen and oxygen atoms in total. The minimum Gasteiger partial charge on any atom is -0.427 e. The maximum Gasteiger partial charge on any atom is 0.343 e. The molecule has 0 amide bonds. The maximum absolute atomic E-state index is 11.9. The van der Waals surface area contributed by atoms with Gasteiger partial charge in [0.05, 0.1) is 5.56 Å². The standard InChI is InChI=1S/C14H12O4/c1-8-11(7-10(15)13-12(8)18-13)17-14(16)9-5-3-2-4-6-9/h2-8,12-13H,1H3. The van der Waals surface area contributed by atoms with Crippen molar-refractivity contribution in [3.8, 4) is 0 Å². The molecule has 18 heavy (non-hydrogen) atoms. The summed E-state index contributed by atoms with van der Waals surface area (Å²) in [6.45, 7) is 1.89. The minimum absolute atomic E-state index is 0.0552. The summed E-state index contributed by atoms with van der Waals surface area (Å²) in [5.41, 5.74) is 0.469. The molecule has 1 aliphatic carbocycles. The molecule has 0 radical (unpaired) electrons. The number of carbonyl (C=O) groups excluding carboxylic acids is 2. The molecule has 4 heteroatoms. The van der Waals surface area contributed by atoms with Gasteiger partial charge in [-0.1, -0.05) is 25.1 Å². The second-order valence-corrected chi connectivity index (χ2v) is 4.51. The Morgan fingerprint density at radius 1 is 1.28 bits per heavy atom. The number of hydrogen-bond donors (Lipinski definition) is 0. The average molecular weight is 244 g/mol. The molecule has 1 fully saturated rings. The first-order valence-corrected chi connectivity index (χ1v) is 5.85. The van der Waals surface area contributed by atoms with Gasteiger partial charge in [-0.05, 0) is 12.1 Å². The van der Waals surface area contributed by atoms with E-state index in [0.717, 1.165) is 0 Å². The normalized spacial score (nSPS) is 29.3. The van der Waals surface area contributed by atoms with Crippen LogP contribution in [0, 0.1) is 5.92 Å². The number of ketones is 1. The van der Waals surface area contributed by atoms with E-state index in [2.05, 4.69) is 0 Å². The lowest BCUT2D eigenvalue weighted by Gasteiger charge is -2.16. The highest BCUT2D eigenvalue weighted by Gasteiger charge is 2.52. The summed E-state index contributed by atoms with van der Waals surface area (Å²) >= 11 is 0. The average Bonchev–Trinajstić information content (AvgIpc) is 3.17. The van der Waals surface area contributed by atoms with E-state index in [0.29, 0.717) is 11.3 Å². The summed E-state index contributed by atoms with van der Waals surface area (Å²) in [6, 6.07) is 8.70. The number of rotatable bonds is 2. The number of benzene rings is 1. The Labute approximate surface area is 104 Å². The molecule has 0 N–H and O–H groups in total. The number of epoxide rings is 1. The Bertz CT molecular complexity index is 532. The number of fused-ring (bicyclic) bond motifs is 1. The van der Waals surface area contributed by atoms with Crippen LogP contribution in [-0.4, -0.2) is 24.0 Å². The van der Waals surface area contributed by atoms with Gasteiger partial charge in [-0.25, -0.2) is 4.79 Å². The van der Waals surface area contributed by atoms with Crippen molar-refractivity contribution < 1.29 is 19.1 Å². The molecular weight excluding hydrogens is 232 g/mol. The van der Waals surface area contributed by atoms with Crippen LogP contribution in [0.3, 0.4) is 0 Å². The first-order chi connectivity index (χ1) is 8.66. The summed E-state index contributed by atoms with van der Waals surface area (Å²) in [5, 5.41) is 0.